The number of rotatable bonds is 3. The summed E-state index contributed by atoms with van der Waals surface area (Å²) in [5.41, 5.74) is -1.43. The van der Waals surface area contributed by atoms with Crippen LogP contribution in [0.5, 0.6) is 0 Å². The standard InChI is InChI=1S/C12H14F3N3O2/c13-12(14,15)9-1-2-16-10(17-9)18-3-7-8(4-18)11(7,5-19)6-20/h1-2,7-8,19-20H,3-6H2. The molecule has 2 atom stereocenters. The van der Waals surface area contributed by atoms with E-state index in [-0.39, 0.29) is 31.0 Å². The Labute approximate surface area is 113 Å². The molecule has 8 heteroatoms. The Morgan fingerprint density at radius 2 is 1.85 bits per heavy atom. The Hall–Kier alpha value is -1.41. The van der Waals surface area contributed by atoms with Gasteiger partial charge in [-0.25, -0.2) is 9.97 Å². The van der Waals surface area contributed by atoms with E-state index < -0.39 is 17.3 Å². The summed E-state index contributed by atoms with van der Waals surface area (Å²) in [5, 5.41) is 18.6. The van der Waals surface area contributed by atoms with Crippen molar-refractivity contribution >= 4 is 5.95 Å². The molecule has 3 rings (SSSR count). The highest BCUT2D eigenvalue weighted by atomic mass is 19.4. The van der Waals surface area contributed by atoms with E-state index in [0.717, 1.165) is 12.3 Å². The summed E-state index contributed by atoms with van der Waals surface area (Å²) in [6.07, 6.45) is -3.39. The molecule has 1 aromatic rings. The molecule has 110 valence electrons. The Morgan fingerprint density at radius 1 is 1.25 bits per heavy atom. The first-order chi connectivity index (χ1) is 9.42. The van der Waals surface area contributed by atoms with E-state index >= 15 is 0 Å². The number of alkyl halides is 3. The molecule has 1 saturated carbocycles. The number of fused-ring (bicyclic) bond motifs is 1. The van der Waals surface area contributed by atoms with Crippen LogP contribution in [-0.4, -0.2) is 46.5 Å². The van der Waals surface area contributed by atoms with E-state index in [0.29, 0.717) is 13.1 Å². The van der Waals surface area contributed by atoms with Gasteiger partial charge in [0, 0.05) is 24.7 Å². The lowest BCUT2D eigenvalue weighted by Gasteiger charge is -2.24. The number of aliphatic hydroxyl groups is 2. The number of hydrogen-bond donors (Lipinski definition) is 2. The fourth-order valence-corrected chi connectivity index (χ4v) is 3.18. The highest BCUT2D eigenvalue weighted by molar-refractivity contribution is 5.38. The van der Waals surface area contributed by atoms with Gasteiger partial charge in [0.15, 0.2) is 0 Å². The maximum absolute atomic E-state index is 12.6. The highest BCUT2D eigenvalue weighted by Gasteiger charge is 2.67. The summed E-state index contributed by atoms with van der Waals surface area (Å²) >= 11 is 0. The van der Waals surface area contributed by atoms with Crippen molar-refractivity contribution in [3.8, 4) is 0 Å². The molecule has 0 bridgehead atoms. The molecule has 20 heavy (non-hydrogen) atoms. The quantitative estimate of drug-likeness (QED) is 0.849. The first kappa shape index (κ1) is 13.6. The van der Waals surface area contributed by atoms with Crippen molar-refractivity contribution in [3.63, 3.8) is 0 Å². The number of halogens is 3. The SMILES string of the molecule is OCC1(CO)C2CN(c3nccc(C(F)(F)F)n3)CC21. The van der Waals surface area contributed by atoms with Gasteiger partial charge >= 0.3 is 6.18 Å². The third kappa shape index (κ3) is 1.86. The molecule has 2 heterocycles. The van der Waals surface area contributed by atoms with E-state index in [9.17, 15) is 23.4 Å². The van der Waals surface area contributed by atoms with Crippen LogP contribution >= 0.6 is 0 Å². The lowest BCUT2D eigenvalue weighted by atomic mass is 10.0. The molecule has 0 amide bonds. The van der Waals surface area contributed by atoms with Gasteiger partial charge in [-0.05, 0) is 17.9 Å². The zero-order chi connectivity index (χ0) is 14.5. The van der Waals surface area contributed by atoms with E-state index in [1.54, 1.807) is 4.90 Å². The van der Waals surface area contributed by atoms with Gasteiger partial charge in [-0.1, -0.05) is 0 Å². The predicted molar refractivity (Wildman–Crippen MR) is 62.8 cm³/mol. The largest absolute Gasteiger partial charge is 0.433 e. The molecule has 2 aliphatic rings. The van der Waals surface area contributed by atoms with Crippen molar-refractivity contribution in [2.45, 2.75) is 6.18 Å². The van der Waals surface area contributed by atoms with E-state index in [1.807, 2.05) is 0 Å². The minimum atomic E-state index is -4.49. The van der Waals surface area contributed by atoms with Crippen molar-refractivity contribution in [2.75, 3.05) is 31.2 Å². The van der Waals surface area contributed by atoms with Crippen molar-refractivity contribution < 1.29 is 23.4 Å². The van der Waals surface area contributed by atoms with Gasteiger partial charge in [0.1, 0.15) is 5.69 Å². The Kier molecular flexibility index (Phi) is 2.91. The van der Waals surface area contributed by atoms with Gasteiger partial charge < -0.3 is 15.1 Å². The third-order valence-corrected chi connectivity index (χ3v) is 4.49. The lowest BCUT2D eigenvalue weighted by Crippen LogP contribution is -2.33. The molecule has 1 aliphatic heterocycles. The fourth-order valence-electron chi connectivity index (χ4n) is 3.18. The van der Waals surface area contributed by atoms with Crippen LogP contribution in [0.25, 0.3) is 0 Å². The number of aliphatic hydroxyl groups excluding tert-OH is 2. The van der Waals surface area contributed by atoms with Crippen LogP contribution in [0.1, 0.15) is 5.69 Å². The summed E-state index contributed by atoms with van der Waals surface area (Å²) < 4.78 is 37.8. The average molecular weight is 289 g/mol. The second kappa shape index (κ2) is 4.29. The van der Waals surface area contributed by atoms with E-state index in [2.05, 4.69) is 9.97 Å². The maximum Gasteiger partial charge on any atom is 0.433 e. The van der Waals surface area contributed by atoms with Crippen molar-refractivity contribution in [2.24, 2.45) is 17.3 Å². The number of piperidine rings is 1. The van der Waals surface area contributed by atoms with Crippen LogP contribution in [-0.2, 0) is 6.18 Å². The molecule has 1 aliphatic carbocycles. The molecule has 2 fully saturated rings. The van der Waals surface area contributed by atoms with Crippen molar-refractivity contribution in [3.05, 3.63) is 18.0 Å². The van der Waals surface area contributed by atoms with Gasteiger partial charge in [0.05, 0.1) is 13.2 Å². The van der Waals surface area contributed by atoms with Gasteiger partial charge in [-0.3, -0.25) is 0 Å². The second-order valence-electron chi connectivity index (χ2n) is 5.41. The third-order valence-electron chi connectivity index (χ3n) is 4.49. The molecule has 1 saturated heterocycles. The first-order valence-corrected chi connectivity index (χ1v) is 6.29. The highest BCUT2D eigenvalue weighted by Crippen LogP contribution is 2.62. The number of hydrogen-bond acceptors (Lipinski definition) is 5. The summed E-state index contributed by atoms with van der Waals surface area (Å²) in [6, 6.07) is 0.839. The van der Waals surface area contributed by atoms with Crippen LogP contribution in [0.4, 0.5) is 19.1 Å². The molecular formula is C12H14F3N3O2. The average Bonchev–Trinajstić information content (AvgIpc) is 2.80. The summed E-state index contributed by atoms with van der Waals surface area (Å²) in [5.74, 6) is 0.239. The van der Waals surface area contributed by atoms with Gasteiger partial charge in [-0.15, -0.1) is 0 Å². The minimum Gasteiger partial charge on any atom is -0.396 e. The predicted octanol–water partition coefficient (Wildman–Crippen LogP) is 0.532. The minimum absolute atomic E-state index is 0.0526. The maximum atomic E-state index is 12.6. The second-order valence-corrected chi connectivity index (χ2v) is 5.41. The summed E-state index contributed by atoms with van der Waals surface area (Å²) in [6.45, 7) is 0.729. The van der Waals surface area contributed by atoms with Crippen LogP contribution < -0.4 is 4.90 Å². The van der Waals surface area contributed by atoms with Gasteiger partial charge in [-0.2, -0.15) is 13.2 Å². The lowest BCUT2D eigenvalue weighted by molar-refractivity contribution is -0.141. The Bertz CT molecular complexity index is 505. The van der Waals surface area contributed by atoms with Gasteiger partial charge in [0.2, 0.25) is 5.95 Å². The number of anilines is 1. The smallest absolute Gasteiger partial charge is 0.396 e. The Morgan fingerprint density at radius 3 is 2.35 bits per heavy atom. The molecule has 0 radical (unpaired) electrons. The van der Waals surface area contributed by atoms with Crippen LogP contribution in [0.2, 0.25) is 0 Å². The fraction of sp³-hybridized carbons (Fsp3) is 0.667. The Balaban J connectivity index is 1.75. The molecule has 5 nitrogen and oxygen atoms in total. The van der Waals surface area contributed by atoms with Crippen molar-refractivity contribution in [1.82, 2.24) is 9.97 Å². The van der Waals surface area contributed by atoms with Crippen LogP contribution in [0, 0.1) is 17.3 Å². The normalized spacial score (nSPS) is 27.6. The van der Waals surface area contributed by atoms with E-state index in [1.165, 1.54) is 0 Å². The molecule has 1 aromatic heterocycles. The number of aromatic nitrogens is 2. The first-order valence-electron chi connectivity index (χ1n) is 6.29. The monoisotopic (exact) mass is 289 g/mol. The summed E-state index contributed by atoms with van der Waals surface area (Å²) in [4.78, 5) is 9.10. The van der Waals surface area contributed by atoms with Gasteiger partial charge in [0.25, 0.3) is 0 Å². The molecular weight excluding hydrogens is 275 g/mol. The molecule has 0 aromatic carbocycles. The molecule has 0 spiro atoms. The zero-order valence-electron chi connectivity index (χ0n) is 10.5. The van der Waals surface area contributed by atoms with Crippen LogP contribution in [0.15, 0.2) is 12.3 Å². The van der Waals surface area contributed by atoms with Crippen LogP contribution in [0.3, 0.4) is 0 Å². The topological polar surface area (TPSA) is 69.5 Å². The molecule has 2 N–H and O–H groups in total. The molecule has 2 unspecified atom stereocenters. The summed E-state index contributed by atoms with van der Waals surface area (Å²) in [7, 11) is 0. The zero-order valence-corrected chi connectivity index (χ0v) is 10.5. The van der Waals surface area contributed by atoms with E-state index in [4.69, 9.17) is 0 Å². The van der Waals surface area contributed by atoms with Crippen molar-refractivity contribution in [1.29, 1.82) is 0 Å². The number of nitrogens with zero attached hydrogens (tertiary/aromatic N) is 3.